The Labute approximate surface area is 86.4 Å². The zero-order chi connectivity index (χ0) is 9.42. The Morgan fingerprint density at radius 3 is 2.92 bits per heavy atom. The Hall–Kier alpha value is -0.510. The van der Waals surface area contributed by atoms with E-state index in [1.54, 1.807) is 11.3 Å². The molecule has 1 aromatic carbocycles. The van der Waals surface area contributed by atoms with Gasteiger partial charge in [-0.2, -0.15) is 0 Å². The molecule has 0 bridgehead atoms. The van der Waals surface area contributed by atoms with Crippen LogP contribution in [0.5, 0.6) is 0 Å². The number of hydrogen-bond acceptors (Lipinski definition) is 3. The molecule has 0 fully saturated rings. The monoisotopic (exact) mass is 210 g/mol. The molecule has 1 nitrogen and oxygen atoms in total. The van der Waals surface area contributed by atoms with Gasteiger partial charge in [0.2, 0.25) is 0 Å². The van der Waals surface area contributed by atoms with Crippen molar-refractivity contribution in [3.8, 4) is 0 Å². The number of hydrogen-bond donors (Lipinski definition) is 2. The van der Waals surface area contributed by atoms with Crippen LogP contribution in [0.1, 0.15) is 11.1 Å². The highest BCUT2D eigenvalue weighted by Crippen LogP contribution is 2.34. The standard InChI is InChI=1S/C10H10OS2/c1-6-2-3-7-8(5-11)10(12)13-9(7)4-6/h2-4,11-12H,5H2,1H3. The summed E-state index contributed by atoms with van der Waals surface area (Å²) < 4.78 is 2.12. The maximum Gasteiger partial charge on any atom is 0.0707 e. The molecule has 2 aromatic rings. The van der Waals surface area contributed by atoms with Crippen molar-refractivity contribution in [3.63, 3.8) is 0 Å². The number of aliphatic hydroxyl groups is 1. The molecular weight excluding hydrogens is 200 g/mol. The first kappa shape index (κ1) is 9.06. The second-order valence-corrected chi connectivity index (χ2v) is 4.85. The third-order valence-corrected chi connectivity index (χ3v) is 3.63. The smallest absolute Gasteiger partial charge is 0.0707 e. The molecule has 13 heavy (non-hydrogen) atoms. The van der Waals surface area contributed by atoms with Crippen LogP contribution in [0.25, 0.3) is 10.1 Å². The number of aliphatic hydroxyl groups excluding tert-OH is 1. The summed E-state index contributed by atoms with van der Waals surface area (Å²) in [6.07, 6.45) is 0. The van der Waals surface area contributed by atoms with Gasteiger partial charge in [0.05, 0.1) is 10.8 Å². The summed E-state index contributed by atoms with van der Waals surface area (Å²) in [7, 11) is 0. The van der Waals surface area contributed by atoms with Crippen LogP contribution in [0.3, 0.4) is 0 Å². The first-order valence-corrected chi connectivity index (χ1v) is 5.30. The molecule has 68 valence electrons. The zero-order valence-corrected chi connectivity index (χ0v) is 8.95. The van der Waals surface area contributed by atoms with Gasteiger partial charge in [-0.25, -0.2) is 0 Å². The van der Waals surface area contributed by atoms with Gasteiger partial charge in [-0.05, 0) is 23.9 Å². The van der Waals surface area contributed by atoms with E-state index in [1.165, 1.54) is 10.3 Å². The van der Waals surface area contributed by atoms with E-state index >= 15 is 0 Å². The number of thiophene rings is 1. The van der Waals surface area contributed by atoms with Gasteiger partial charge in [-0.15, -0.1) is 24.0 Å². The summed E-state index contributed by atoms with van der Waals surface area (Å²) in [5.41, 5.74) is 2.19. The van der Waals surface area contributed by atoms with Crippen molar-refractivity contribution in [2.75, 3.05) is 0 Å². The topological polar surface area (TPSA) is 20.2 Å². The van der Waals surface area contributed by atoms with Crippen molar-refractivity contribution in [1.82, 2.24) is 0 Å². The van der Waals surface area contributed by atoms with E-state index in [9.17, 15) is 0 Å². The molecule has 0 saturated carbocycles. The molecule has 0 unspecified atom stereocenters. The van der Waals surface area contributed by atoms with Crippen molar-refractivity contribution >= 4 is 34.1 Å². The summed E-state index contributed by atoms with van der Waals surface area (Å²) in [6, 6.07) is 6.23. The first-order chi connectivity index (χ1) is 6.22. The van der Waals surface area contributed by atoms with Crippen LogP contribution in [0.4, 0.5) is 0 Å². The summed E-state index contributed by atoms with van der Waals surface area (Å²) in [5, 5.41) is 10.3. The van der Waals surface area contributed by atoms with Gasteiger partial charge in [0.15, 0.2) is 0 Å². The molecule has 0 aliphatic rings. The summed E-state index contributed by atoms with van der Waals surface area (Å²) in [5.74, 6) is 0. The normalized spacial score (nSPS) is 11.0. The lowest BCUT2D eigenvalue weighted by atomic mass is 10.1. The summed E-state index contributed by atoms with van der Waals surface area (Å²) in [6.45, 7) is 2.14. The van der Waals surface area contributed by atoms with Crippen LogP contribution >= 0.6 is 24.0 Å². The molecule has 0 spiro atoms. The molecule has 0 radical (unpaired) electrons. The Morgan fingerprint density at radius 2 is 2.23 bits per heavy atom. The minimum absolute atomic E-state index is 0.0713. The van der Waals surface area contributed by atoms with E-state index in [4.69, 9.17) is 5.11 Å². The maximum atomic E-state index is 9.13. The molecule has 1 N–H and O–H groups in total. The third kappa shape index (κ3) is 1.47. The van der Waals surface area contributed by atoms with Crippen LogP contribution in [-0.4, -0.2) is 5.11 Å². The van der Waals surface area contributed by atoms with Crippen LogP contribution in [0.15, 0.2) is 22.4 Å². The minimum atomic E-state index is 0.0713. The van der Waals surface area contributed by atoms with E-state index in [1.807, 2.05) is 6.07 Å². The van der Waals surface area contributed by atoms with Crippen molar-refractivity contribution in [1.29, 1.82) is 0 Å². The number of benzene rings is 1. The van der Waals surface area contributed by atoms with Crippen molar-refractivity contribution in [2.24, 2.45) is 0 Å². The van der Waals surface area contributed by atoms with Crippen molar-refractivity contribution in [3.05, 3.63) is 29.3 Å². The van der Waals surface area contributed by atoms with E-state index < -0.39 is 0 Å². The molecule has 1 aromatic heterocycles. The van der Waals surface area contributed by atoms with Gasteiger partial charge in [0.1, 0.15) is 0 Å². The second kappa shape index (κ2) is 3.33. The van der Waals surface area contributed by atoms with Crippen LogP contribution < -0.4 is 0 Å². The van der Waals surface area contributed by atoms with Gasteiger partial charge in [-0.3, -0.25) is 0 Å². The molecule has 0 atom stereocenters. The molecule has 0 amide bonds. The first-order valence-electron chi connectivity index (χ1n) is 4.04. The van der Waals surface area contributed by atoms with Gasteiger partial charge in [0, 0.05) is 10.3 Å². The molecule has 0 aliphatic carbocycles. The molecule has 2 rings (SSSR count). The average Bonchev–Trinajstić information content (AvgIpc) is 2.39. The van der Waals surface area contributed by atoms with Crippen molar-refractivity contribution < 1.29 is 5.11 Å². The maximum absolute atomic E-state index is 9.13. The Bertz CT molecular complexity index is 445. The quantitative estimate of drug-likeness (QED) is 0.693. The van der Waals surface area contributed by atoms with E-state index in [0.29, 0.717) is 0 Å². The SMILES string of the molecule is Cc1ccc2c(CO)c(S)sc2c1. The summed E-state index contributed by atoms with van der Waals surface area (Å²) in [4.78, 5) is 0. The van der Waals surface area contributed by atoms with E-state index in [0.717, 1.165) is 15.2 Å². The Balaban J connectivity index is 2.79. The van der Waals surface area contributed by atoms with Gasteiger partial charge in [-0.1, -0.05) is 12.1 Å². The van der Waals surface area contributed by atoms with Crippen LogP contribution in [0.2, 0.25) is 0 Å². The Kier molecular flexibility index (Phi) is 2.32. The fraction of sp³-hybridized carbons (Fsp3) is 0.200. The van der Waals surface area contributed by atoms with Gasteiger partial charge < -0.3 is 5.11 Å². The largest absolute Gasteiger partial charge is 0.392 e. The lowest BCUT2D eigenvalue weighted by Crippen LogP contribution is -1.80. The molecule has 3 heteroatoms. The van der Waals surface area contributed by atoms with Crippen LogP contribution in [0, 0.1) is 6.92 Å². The number of thiol groups is 1. The lowest BCUT2D eigenvalue weighted by Gasteiger charge is -1.95. The van der Waals surface area contributed by atoms with Gasteiger partial charge in [0.25, 0.3) is 0 Å². The number of aryl methyl sites for hydroxylation is 1. The number of rotatable bonds is 1. The average molecular weight is 210 g/mol. The summed E-state index contributed by atoms with van der Waals surface area (Å²) >= 11 is 5.95. The predicted molar refractivity (Wildman–Crippen MR) is 59.7 cm³/mol. The molecule has 0 aliphatic heterocycles. The lowest BCUT2D eigenvalue weighted by molar-refractivity contribution is 0.281. The highest BCUT2D eigenvalue weighted by atomic mass is 32.2. The molecule has 1 heterocycles. The van der Waals surface area contributed by atoms with E-state index in [-0.39, 0.29) is 6.61 Å². The van der Waals surface area contributed by atoms with E-state index in [2.05, 4.69) is 31.7 Å². The second-order valence-electron chi connectivity index (χ2n) is 3.04. The van der Waals surface area contributed by atoms with Crippen molar-refractivity contribution in [2.45, 2.75) is 17.7 Å². The van der Waals surface area contributed by atoms with Crippen LogP contribution in [-0.2, 0) is 6.61 Å². The highest BCUT2D eigenvalue weighted by molar-refractivity contribution is 7.83. The highest BCUT2D eigenvalue weighted by Gasteiger charge is 2.07. The molecular formula is C10H10OS2. The fourth-order valence-corrected chi connectivity index (χ4v) is 2.94. The molecule has 0 saturated heterocycles. The minimum Gasteiger partial charge on any atom is -0.392 e. The number of fused-ring (bicyclic) bond motifs is 1. The Morgan fingerprint density at radius 1 is 1.46 bits per heavy atom. The zero-order valence-electron chi connectivity index (χ0n) is 7.24. The predicted octanol–water partition coefficient (Wildman–Crippen LogP) is 2.99. The third-order valence-electron chi connectivity index (χ3n) is 2.09. The van der Waals surface area contributed by atoms with Gasteiger partial charge >= 0.3 is 0 Å². The fourth-order valence-electron chi connectivity index (χ4n) is 1.40.